The number of hydrogen-bond acceptors (Lipinski definition) is 3. The highest BCUT2D eigenvalue weighted by Gasteiger charge is 2.10. The van der Waals surface area contributed by atoms with Crippen molar-refractivity contribution in [3.63, 3.8) is 0 Å². The smallest absolute Gasteiger partial charge is 0.207 e. The molecule has 60 valence electrons. The second-order valence-corrected chi connectivity index (χ2v) is 3.59. The minimum atomic E-state index is -0.693. The van der Waals surface area contributed by atoms with E-state index in [2.05, 4.69) is 4.98 Å². The van der Waals surface area contributed by atoms with Crippen molar-refractivity contribution < 1.29 is 4.55 Å². The maximum absolute atomic E-state index is 9.14. The molecule has 0 aliphatic heterocycles. The van der Waals surface area contributed by atoms with Crippen LogP contribution in [0.5, 0.6) is 0 Å². The van der Waals surface area contributed by atoms with Gasteiger partial charge in [-0.3, -0.25) is 4.98 Å². The first-order valence-electron chi connectivity index (χ1n) is 3.24. The molecule has 0 saturated heterocycles. The van der Waals surface area contributed by atoms with E-state index >= 15 is 0 Å². The number of nitrogens with two attached hydrogens (primary N) is 1. The van der Waals surface area contributed by atoms with Gasteiger partial charge in [-0.1, -0.05) is 0 Å². The molecule has 0 amide bonds. The second-order valence-electron chi connectivity index (χ2n) is 2.17. The Balaban J connectivity index is 2.83. The van der Waals surface area contributed by atoms with Crippen LogP contribution in [0.1, 0.15) is 5.69 Å². The van der Waals surface area contributed by atoms with Crippen LogP contribution < -0.4 is 5.73 Å². The molecule has 3 N–H and O–H groups in total. The summed E-state index contributed by atoms with van der Waals surface area (Å²) in [5, 5.41) is 0. The van der Waals surface area contributed by atoms with Crippen LogP contribution in [-0.2, 0) is 17.7 Å². The van der Waals surface area contributed by atoms with Gasteiger partial charge in [-0.15, -0.1) is 0 Å². The Kier molecular flexibility index (Phi) is 2.87. The molecule has 0 spiro atoms. The molecule has 1 aromatic heterocycles. The first-order valence-corrected chi connectivity index (χ1v) is 4.83. The monoisotopic (exact) mass is 171 g/mol. The van der Waals surface area contributed by atoms with E-state index in [0.29, 0.717) is 6.54 Å². The average molecular weight is 171 g/mol. The summed E-state index contributed by atoms with van der Waals surface area (Å²) in [6, 6.07) is 3.67. The molecule has 0 aromatic carbocycles. The quantitative estimate of drug-likeness (QED) is 0.641. The average Bonchev–Trinajstić information content (AvgIpc) is 2.05. The van der Waals surface area contributed by atoms with E-state index < -0.39 is 11.2 Å². The molecular formula is C7H11N2OS+. The van der Waals surface area contributed by atoms with Crippen LogP contribution in [0, 0.1) is 0 Å². The van der Waals surface area contributed by atoms with Gasteiger partial charge in [0.1, 0.15) is 6.26 Å². The maximum atomic E-state index is 9.14. The molecule has 0 aliphatic carbocycles. The topological polar surface area (TPSA) is 59.1 Å². The summed E-state index contributed by atoms with van der Waals surface area (Å²) < 4.78 is 9.14. The molecule has 1 unspecified atom stereocenters. The number of rotatable bonds is 2. The van der Waals surface area contributed by atoms with Gasteiger partial charge < -0.3 is 5.73 Å². The van der Waals surface area contributed by atoms with Gasteiger partial charge in [0.05, 0.1) is 11.9 Å². The molecule has 11 heavy (non-hydrogen) atoms. The molecule has 1 aromatic rings. The normalized spacial score (nSPS) is 13.0. The molecule has 0 saturated carbocycles. The fraction of sp³-hybridized carbons (Fsp3) is 0.286. The Bertz CT molecular complexity index is 222. The van der Waals surface area contributed by atoms with Crippen LogP contribution in [-0.4, -0.2) is 15.8 Å². The van der Waals surface area contributed by atoms with Crippen molar-refractivity contribution in [2.75, 3.05) is 6.26 Å². The van der Waals surface area contributed by atoms with Crippen molar-refractivity contribution in [3.8, 4) is 0 Å². The van der Waals surface area contributed by atoms with Gasteiger partial charge >= 0.3 is 0 Å². The third kappa shape index (κ3) is 2.18. The Morgan fingerprint density at radius 3 is 2.73 bits per heavy atom. The summed E-state index contributed by atoms with van der Waals surface area (Å²) in [6.07, 6.45) is 3.39. The Morgan fingerprint density at radius 1 is 1.64 bits per heavy atom. The lowest BCUT2D eigenvalue weighted by atomic mass is 10.4. The first-order chi connectivity index (χ1) is 5.24. The summed E-state index contributed by atoms with van der Waals surface area (Å²) in [7, 11) is 0. The molecule has 0 bridgehead atoms. The highest BCUT2D eigenvalue weighted by Crippen LogP contribution is 2.06. The molecule has 1 heterocycles. The lowest BCUT2D eigenvalue weighted by Crippen LogP contribution is -2.02. The summed E-state index contributed by atoms with van der Waals surface area (Å²) in [5.74, 6) is 0. The van der Waals surface area contributed by atoms with Crippen molar-refractivity contribution in [1.82, 2.24) is 4.98 Å². The van der Waals surface area contributed by atoms with Gasteiger partial charge in [0, 0.05) is 6.54 Å². The largest absolute Gasteiger partial charge is 0.325 e. The molecule has 0 aliphatic rings. The zero-order valence-electron chi connectivity index (χ0n) is 6.32. The van der Waals surface area contributed by atoms with Gasteiger partial charge in [-0.25, -0.2) is 0 Å². The zero-order valence-corrected chi connectivity index (χ0v) is 7.14. The van der Waals surface area contributed by atoms with E-state index in [1.165, 1.54) is 0 Å². The van der Waals surface area contributed by atoms with Crippen molar-refractivity contribution in [2.45, 2.75) is 11.4 Å². The van der Waals surface area contributed by atoms with E-state index in [-0.39, 0.29) is 0 Å². The number of pyridine rings is 1. The van der Waals surface area contributed by atoms with Crippen LogP contribution in [0.3, 0.4) is 0 Å². The molecule has 1 rings (SSSR count). The van der Waals surface area contributed by atoms with Crippen LogP contribution >= 0.6 is 0 Å². The highest BCUT2D eigenvalue weighted by atomic mass is 32.2. The van der Waals surface area contributed by atoms with Gasteiger partial charge in [-0.05, 0) is 12.1 Å². The van der Waals surface area contributed by atoms with E-state index in [4.69, 9.17) is 10.3 Å². The SMILES string of the molecule is C[S+](O)c1ccc(CN)nc1. The van der Waals surface area contributed by atoms with E-state index in [0.717, 1.165) is 10.6 Å². The van der Waals surface area contributed by atoms with Crippen molar-refractivity contribution in [3.05, 3.63) is 24.0 Å². The second kappa shape index (κ2) is 3.71. The molecule has 0 radical (unpaired) electrons. The van der Waals surface area contributed by atoms with Gasteiger partial charge in [0.15, 0.2) is 11.2 Å². The summed E-state index contributed by atoms with van der Waals surface area (Å²) in [6.45, 7) is 0.448. The minimum Gasteiger partial charge on any atom is -0.325 e. The van der Waals surface area contributed by atoms with Crippen LogP contribution in [0.4, 0.5) is 0 Å². The molecular weight excluding hydrogens is 160 g/mol. The van der Waals surface area contributed by atoms with Gasteiger partial charge in [0.2, 0.25) is 4.90 Å². The fourth-order valence-electron chi connectivity index (χ4n) is 0.706. The third-order valence-corrected chi connectivity index (χ3v) is 2.27. The lowest BCUT2D eigenvalue weighted by molar-refractivity contribution is 0.644. The lowest BCUT2D eigenvalue weighted by Gasteiger charge is -1.94. The van der Waals surface area contributed by atoms with Crippen LogP contribution in [0.2, 0.25) is 0 Å². The molecule has 4 heteroatoms. The molecule has 3 nitrogen and oxygen atoms in total. The summed E-state index contributed by atoms with van der Waals surface area (Å²) >= 11 is -0.693. The van der Waals surface area contributed by atoms with Crippen molar-refractivity contribution >= 4 is 11.2 Å². The summed E-state index contributed by atoms with van der Waals surface area (Å²) in [4.78, 5) is 4.89. The molecule has 1 atom stereocenters. The summed E-state index contributed by atoms with van der Waals surface area (Å²) in [5.41, 5.74) is 6.20. The van der Waals surface area contributed by atoms with Crippen molar-refractivity contribution in [1.29, 1.82) is 0 Å². The first kappa shape index (κ1) is 8.52. The predicted molar refractivity (Wildman–Crippen MR) is 46.3 cm³/mol. The number of hydrogen-bond donors (Lipinski definition) is 2. The number of nitrogens with zero attached hydrogens (tertiary/aromatic N) is 1. The van der Waals surface area contributed by atoms with Gasteiger partial charge in [-0.2, -0.15) is 4.55 Å². The highest BCUT2D eigenvalue weighted by molar-refractivity contribution is 7.90. The van der Waals surface area contributed by atoms with E-state index in [1.807, 2.05) is 12.1 Å². The minimum absolute atomic E-state index is 0.448. The van der Waals surface area contributed by atoms with E-state index in [1.54, 1.807) is 12.5 Å². The van der Waals surface area contributed by atoms with Crippen LogP contribution in [0.15, 0.2) is 23.2 Å². The maximum Gasteiger partial charge on any atom is 0.207 e. The Hall–Kier alpha value is -0.580. The predicted octanol–water partition coefficient (Wildman–Crippen LogP) is 0.620. The van der Waals surface area contributed by atoms with Crippen molar-refractivity contribution in [2.24, 2.45) is 5.73 Å². The van der Waals surface area contributed by atoms with Crippen LogP contribution in [0.25, 0.3) is 0 Å². The van der Waals surface area contributed by atoms with Gasteiger partial charge in [0.25, 0.3) is 0 Å². The van der Waals surface area contributed by atoms with E-state index in [9.17, 15) is 0 Å². The standard InChI is InChI=1S/C7H11N2OS/c1-11(10)7-3-2-6(4-8)9-5-7/h2-3,5,10H,4,8H2,1H3/q+1. The zero-order chi connectivity index (χ0) is 8.27. The Labute approximate surface area is 68.8 Å². The molecule has 0 fully saturated rings. The number of aromatic nitrogens is 1. The third-order valence-electron chi connectivity index (χ3n) is 1.35. The Morgan fingerprint density at radius 2 is 2.36 bits per heavy atom. The fourth-order valence-corrected chi connectivity index (χ4v) is 1.18.